The summed E-state index contributed by atoms with van der Waals surface area (Å²) in [6.45, 7) is 0. The predicted octanol–water partition coefficient (Wildman–Crippen LogP) is 1.24. The van der Waals surface area contributed by atoms with E-state index in [0.29, 0.717) is 0 Å². The SMILES string of the molecule is OC1CC(Oc2ccnn3cccc23)C1. The average Bonchev–Trinajstić information content (AvgIpc) is 2.64. The molecule has 1 N–H and O–H groups in total. The second kappa shape index (κ2) is 3.24. The molecule has 2 heterocycles. The number of hydrogen-bond donors (Lipinski definition) is 1. The van der Waals surface area contributed by atoms with Gasteiger partial charge in [-0.25, -0.2) is 4.52 Å². The van der Waals surface area contributed by atoms with Gasteiger partial charge in [-0.3, -0.25) is 0 Å². The number of hydrogen-bond acceptors (Lipinski definition) is 3. The fraction of sp³-hybridized carbons (Fsp3) is 0.364. The monoisotopic (exact) mass is 204 g/mol. The van der Waals surface area contributed by atoms with Crippen LogP contribution in [-0.4, -0.2) is 26.9 Å². The first kappa shape index (κ1) is 8.73. The van der Waals surface area contributed by atoms with Crippen LogP contribution in [0.5, 0.6) is 5.75 Å². The Morgan fingerprint density at radius 3 is 3.07 bits per heavy atom. The lowest BCUT2D eigenvalue weighted by Crippen LogP contribution is -2.37. The van der Waals surface area contributed by atoms with Gasteiger partial charge in [0.1, 0.15) is 17.4 Å². The normalized spacial score (nSPS) is 25.1. The standard InChI is InChI=1S/C11H12N2O2/c14-8-6-9(7-8)15-11-3-4-12-13-5-1-2-10(11)13/h1-5,8-9,14H,6-7H2. The Labute approximate surface area is 87.1 Å². The molecule has 4 nitrogen and oxygen atoms in total. The van der Waals surface area contributed by atoms with E-state index in [0.717, 1.165) is 24.1 Å². The Hall–Kier alpha value is -1.55. The van der Waals surface area contributed by atoms with Crippen molar-refractivity contribution >= 4 is 5.52 Å². The Kier molecular flexibility index (Phi) is 1.89. The van der Waals surface area contributed by atoms with Crippen LogP contribution >= 0.6 is 0 Å². The third-order valence-electron chi connectivity index (χ3n) is 2.76. The summed E-state index contributed by atoms with van der Waals surface area (Å²) >= 11 is 0. The van der Waals surface area contributed by atoms with Crippen molar-refractivity contribution in [2.24, 2.45) is 0 Å². The van der Waals surface area contributed by atoms with E-state index >= 15 is 0 Å². The summed E-state index contributed by atoms with van der Waals surface area (Å²) in [5, 5.41) is 13.3. The fourth-order valence-corrected chi connectivity index (χ4v) is 1.84. The van der Waals surface area contributed by atoms with Crippen LogP contribution in [0, 0.1) is 0 Å². The number of rotatable bonds is 2. The minimum atomic E-state index is -0.181. The van der Waals surface area contributed by atoms with Crippen LogP contribution in [0.2, 0.25) is 0 Å². The summed E-state index contributed by atoms with van der Waals surface area (Å²) in [6.07, 6.45) is 5.04. The van der Waals surface area contributed by atoms with Crippen LogP contribution < -0.4 is 4.74 Å². The molecule has 0 atom stereocenters. The van der Waals surface area contributed by atoms with Gasteiger partial charge in [-0.2, -0.15) is 5.10 Å². The van der Waals surface area contributed by atoms with Crippen molar-refractivity contribution < 1.29 is 9.84 Å². The summed E-state index contributed by atoms with van der Waals surface area (Å²) in [7, 11) is 0. The molecule has 1 aliphatic rings. The van der Waals surface area contributed by atoms with E-state index in [1.165, 1.54) is 0 Å². The fourth-order valence-electron chi connectivity index (χ4n) is 1.84. The topological polar surface area (TPSA) is 46.8 Å². The number of aromatic nitrogens is 2. The van der Waals surface area contributed by atoms with Crippen molar-refractivity contribution in [1.29, 1.82) is 0 Å². The molecule has 0 aliphatic heterocycles. The van der Waals surface area contributed by atoms with Crippen LogP contribution in [0.4, 0.5) is 0 Å². The lowest BCUT2D eigenvalue weighted by atomic mass is 9.92. The van der Waals surface area contributed by atoms with Crippen molar-refractivity contribution in [3.05, 3.63) is 30.6 Å². The van der Waals surface area contributed by atoms with Gasteiger partial charge in [-0.1, -0.05) is 0 Å². The van der Waals surface area contributed by atoms with Crippen LogP contribution in [0.25, 0.3) is 5.52 Å². The van der Waals surface area contributed by atoms with Crippen molar-refractivity contribution in [2.45, 2.75) is 25.0 Å². The first-order chi connectivity index (χ1) is 7.33. The molecule has 0 spiro atoms. The zero-order valence-electron chi connectivity index (χ0n) is 8.21. The summed E-state index contributed by atoms with van der Waals surface area (Å²) in [5.41, 5.74) is 0.971. The second-order valence-corrected chi connectivity index (χ2v) is 3.90. The number of aliphatic hydroxyl groups is 1. The minimum absolute atomic E-state index is 0.154. The molecule has 1 aliphatic carbocycles. The van der Waals surface area contributed by atoms with E-state index < -0.39 is 0 Å². The lowest BCUT2D eigenvalue weighted by Gasteiger charge is -2.31. The van der Waals surface area contributed by atoms with E-state index in [-0.39, 0.29) is 12.2 Å². The number of aliphatic hydroxyl groups excluding tert-OH is 1. The van der Waals surface area contributed by atoms with Gasteiger partial charge in [0.2, 0.25) is 0 Å². The van der Waals surface area contributed by atoms with E-state index in [1.807, 2.05) is 24.4 Å². The van der Waals surface area contributed by atoms with Crippen molar-refractivity contribution in [3.8, 4) is 5.75 Å². The highest BCUT2D eigenvalue weighted by Gasteiger charge is 2.29. The number of nitrogens with zero attached hydrogens (tertiary/aromatic N) is 2. The third-order valence-corrected chi connectivity index (χ3v) is 2.76. The first-order valence-electron chi connectivity index (χ1n) is 5.10. The van der Waals surface area contributed by atoms with E-state index in [1.54, 1.807) is 10.7 Å². The highest BCUT2D eigenvalue weighted by atomic mass is 16.5. The molecule has 1 saturated carbocycles. The van der Waals surface area contributed by atoms with Crippen LogP contribution in [-0.2, 0) is 0 Å². The quantitative estimate of drug-likeness (QED) is 0.800. The third kappa shape index (κ3) is 1.47. The van der Waals surface area contributed by atoms with Crippen molar-refractivity contribution in [1.82, 2.24) is 9.61 Å². The molecule has 2 aromatic heterocycles. The lowest BCUT2D eigenvalue weighted by molar-refractivity contribution is -0.0102. The molecule has 0 aromatic carbocycles. The molecule has 4 heteroatoms. The van der Waals surface area contributed by atoms with Gasteiger partial charge < -0.3 is 9.84 Å². The van der Waals surface area contributed by atoms with E-state index in [2.05, 4.69) is 5.10 Å². The summed E-state index contributed by atoms with van der Waals surface area (Å²) in [4.78, 5) is 0. The molecule has 1 fully saturated rings. The smallest absolute Gasteiger partial charge is 0.146 e. The largest absolute Gasteiger partial charge is 0.488 e. The second-order valence-electron chi connectivity index (χ2n) is 3.90. The van der Waals surface area contributed by atoms with Gasteiger partial charge in [0.05, 0.1) is 12.3 Å². The molecule has 15 heavy (non-hydrogen) atoms. The van der Waals surface area contributed by atoms with Gasteiger partial charge in [-0.05, 0) is 12.1 Å². The van der Waals surface area contributed by atoms with Gasteiger partial charge in [0.25, 0.3) is 0 Å². The molecule has 3 rings (SSSR count). The highest BCUT2D eigenvalue weighted by Crippen LogP contribution is 2.28. The van der Waals surface area contributed by atoms with Gasteiger partial charge in [0.15, 0.2) is 0 Å². The number of fused-ring (bicyclic) bond motifs is 1. The van der Waals surface area contributed by atoms with E-state index in [9.17, 15) is 5.11 Å². The first-order valence-corrected chi connectivity index (χ1v) is 5.10. The maximum atomic E-state index is 9.17. The molecule has 0 radical (unpaired) electrons. The molecule has 0 unspecified atom stereocenters. The minimum Gasteiger partial charge on any atom is -0.488 e. The highest BCUT2D eigenvalue weighted by molar-refractivity contribution is 5.58. The van der Waals surface area contributed by atoms with Crippen molar-refractivity contribution in [3.63, 3.8) is 0 Å². The maximum absolute atomic E-state index is 9.17. The Morgan fingerprint density at radius 2 is 2.27 bits per heavy atom. The van der Waals surface area contributed by atoms with Crippen LogP contribution in [0.1, 0.15) is 12.8 Å². The Morgan fingerprint density at radius 1 is 1.40 bits per heavy atom. The van der Waals surface area contributed by atoms with Crippen LogP contribution in [0.15, 0.2) is 30.6 Å². The zero-order chi connectivity index (χ0) is 10.3. The zero-order valence-corrected chi connectivity index (χ0v) is 8.21. The molecular formula is C11H12N2O2. The predicted molar refractivity (Wildman–Crippen MR) is 54.8 cm³/mol. The van der Waals surface area contributed by atoms with Gasteiger partial charge >= 0.3 is 0 Å². The summed E-state index contributed by atoms with van der Waals surface area (Å²) in [5.74, 6) is 0.840. The summed E-state index contributed by atoms with van der Waals surface area (Å²) < 4.78 is 7.55. The number of ether oxygens (including phenoxy) is 1. The van der Waals surface area contributed by atoms with Crippen LogP contribution in [0.3, 0.4) is 0 Å². The van der Waals surface area contributed by atoms with Gasteiger partial charge in [0, 0.05) is 25.1 Å². The Bertz CT molecular complexity index is 474. The molecule has 2 aromatic rings. The molecule has 0 bridgehead atoms. The Balaban J connectivity index is 1.87. The molecular weight excluding hydrogens is 192 g/mol. The molecule has 0 saturated heterocycles. The molecule has 78 valence electrons. The molecule has 0 amide bonds. The average molecular weight is 204 g/mol. The summed E-state index contributed by atoms with van der Waals surface area (Å²) in [6, 6.07) is 5.77. The maximum Gasteiger partial charge on any atom is 0.146 e. The van der Waals surface area contributed by atoms with E-state index in [4.69, 9.17) is 4.74 Å². The van der Waals surface area contributed by atoms with Gasteiger partial charge in [-0.15, -0.1) is 0 Å². The van der Waals surface area contributed by atoms with Crippen molar-refractivity contribution in [2.75, 3.05) is 0 Å².